The molecule has 0 aromatic carbocycles. The Balaban J connectivity index is 1.33. The first kappa shape index (κ1) is 22.4. The number of fused-ring (bicyclic) bond motifs is 2. The van der Waals surface area contributed by atoms with Crippen molar-refractivity contribution in [1.29, 1.82) is 0 Å². The summed E-state index contributed by atoms with van der Waals surface area (Å²) >= 11 is 0. The number of alkyl halides is 3. The zero-order valence-corrected chi connectivity index (χ0v) is 18.4. The SMILES string of the molecule is O=C(O)c1cn(C2CC2)c2nc(N3CC4ON=C(c5ccc(C(F)(F)F)nc5)C4C3)c(F)cc2c1=O. The third-order valence-electron chi connectivity index (χ3n) is 6.66. The van der Waals surface area contributed by atoms with Gasteiger partial charge in [-0.2, -0.15) is 13.2 Å². The minimum absolute atomic E-state index is 0.0239. The molecule has 36 heavy (non-hydrogen) atoms. The van der Waals surface area contributed by atoms with E-state index in [1.165, 1.54) is 12.3 Å². The number of carbonyl (C=O) groups is 1. The molecule has 6 rings (SSSR count). The van der Waals surface area contributed by atoms with Gasteiger partial charge in [0.1, 0.15) is 16.9 Å². The lowest BCUT2D eigenvalue weighted by Crippen LogP contribution is -2.26. The lowest BCUT2D eigenvalue weighted by Gasteiger charge is -2.20. The number of nitrogens with zero attached hydrogens (tertiary/aromatic N) is 5. The first-order chi connectivity index (χ1) is 17.1. The average molecular weight is 503 g/mol. The summed E-state index contributed by atoms with van der Waals surface area (Å²) in [6, 6.07) is 3.12. The molecule has 9 nitrogen and oxygen atoms in total. The van der Waals surface area contributed by atoms with E-state index in [0.717, 1.165) is 31.2 Å². The Morgan fingerprint density at radius 2 is 1.97 bits per heavy atom. The van der Waals surface area contributed by atoms with Crippen LogP contribution in [0.3, 0.4) is 0 Å². The minimum atomic E-state index is -4.56. The summed E-state index contributed by atoms with van der Waals surface area (Å²) in [6.07, 6.45) is -1.13. The van der Waals surface area contributed by atoms with E-state index in [1.54, 1.807) is 9.47 Å². The molecule has 0 radical (unpaired) electrons. The van der Waals surface area contributed by atoms with E-state index in [2.05, 4.69) is 15.1 Å². The van der Waals surface area contributed by atoms with Gasteiger partial charge in [-0.1, -0.05) is 5.16 Å². The molecule has 5 heterocycles. The maximum Gasteiger partial charge on any atom is 0.433 e. The van der Waals surface area contributed by atoms with Crippen LogP contribution in [-0.2, 0) is 11.0 Å². The highest BCUT2D eigenvalue weighted by molar-refractivity contribution is 6.03. The van der Waals surface area contributed by atoms with Crippen LogP contribution >= 0.6 is 0 Å². The normalized spacial score (nSPS) is 21.4. The van der Waals surface area contributed by atoms with Crippen LogP contribution in [0.2, 0.25) is 0 Å². The Hall–Kier alpha value is -4.03. The topological polar surface area (TPSA) is 110 Å². The molecule has 1 saturated carbocycles. The number of hydrogen-bond acceptors (Lipinski definition) is 7. The van der Waals surface area contributed by atoms with Crippen molar-refractivity contribution in [3.8, 4) is 0 Å². The fourth-order valence-corrected chi connectivity index (χ4v) is 4.73. The predicted molar refractivity (Wildman–Crippen MR) is 118 cm³/mol. The van der Waals surface area contributed by atoms with Gasteiger partial charge >= 0.3 is 12.1 Å². The van der Waals surface area contributed by atoms with E-state index in [1.807, 2.05) is 0 Å². The number of aromatic carboxylic acids is 1. The van der Waals surface area contributed by atoms with Gasteiger partial charge in [-0.3, -0.25) is 9.78 Å². The van der Waals surface area contributed by atoms with Crippen LogP contribution in [0.4, 0.5) is 23.4 Å². The first-order valence-corrected chi connectivity index (χ1v) is 11.1. The molecule has 0 spiro atoms. The number of carboxylic acid groups (broad SMARTS) is 1. The third kappa shape index (κ3) is 3.57. The Bertz CT molecular complexity index is 1500. The predicted octanol–water partition coefficient (Wildman–Crippen LogP) is 3.22. The van der Waals surface area contributed by atoms with Crippen molar-refractivity contribution in [1.82, 2.24) is 14.5 Å². The maximum atomic E-state index is 15.2. The molecule has 1 saturated heterocycles. The van der Waals surface area contributed by atoms with Crippen LogP contribution < -0.4 is 10.3 Å². The number of pyridine rings is 3. The second-order valence-electron chi connectivity index (χ2n) is 9.04. The maximum absolute atomic E-state index is 15.2. The van der Waals surface area contributed by atoms with Gasteiger partial charge in [0.15, 0.2) is 17.7 Å². The molecule has 3 aromatic heterocycles. The summed E-state index contributed by atoms with van der Waals surface area (Å²) in [5.41, 5.74) is -1.30. The van der Waals surface area contributed by atoms with Crippen LogP contribution in [0.25, 0.3) is 11.0 Å². The summed E-state index contributed by atoms with van der Waals surface area (Å²) in [7, 11) is 0. The van der Waals surface area contributed by atoms with Gasteiger partial charge in [-0.05, 0) is 31.0 Å². The molecule has 1 aliphatic carbocycles. The molecule has 3 aliphatic rings. The number of oxime groups is 1. The molecule has 0 bridgehead atoms. The molecule has 13 heteroatoms. The second-order valence-corrected chi connectivity index (χ2v) is 9.04. The summed E-state index contributed by atoms with van der Waals surface area (Å²) in [5.74, 6) is -2.57. The Kier molecular flexibility index (Phi) is 4.82. The van der Waals surface area contributed by atoms with E-state index < -0.39 is 40.8 Å². The molecule has 1 N–H and O–H groups in total. The number of aromatic nitrogens is 3. The first-order valence-electron chi connectivity index (χ1n) is 11.1. The number of carboxylic acids is 1. The largest absolute Gasteiger partial charge is 0.477 e. The van der Waals surface area contributed by atoms with Crippen molar-refractivity contribution >= 4 is 28.5 Å². The van der Waals surface area contributed by atoms with Gasteiger partial charge in [0.05, 0.1) is 23.6 Å². The number of halogens is 4. The molecule has 2 aliphatic heterocycles. The highest BCUT2D eigenvalue weighted by Gasteiger charge is 2.44. The van der Waals surface area contributed by atoms with E-state index >= 15 is 4.39 Å². The smallest absolute Gasteiger partial charge is 0.433 e. The molecule has 2 fully saturated rings. The molecular formula is C23H17F4N5O4. The Labute approximate surface area is 199 Å². The number of rotatable bonds is 4. The van der Waals surface area contributed by atoms with Gasteiger partial charge in [-0.25, -0.2) is 14.2 Å². The van der Waals surface area contributed by atoms with Crippen molar-refractivity contribution in [2.24, 2.45) is 11.1 Å². The van der Waals surface area contributed by atoms with Crippen molar-refractivity contribution in [3.63, 3.8) is 0 Å². The molecule has 2 atom stereocenters. The fraction of sp³-hybridized carbons (Fsp3) is 0.348. The number of anilines is 1. The molecule has 2 unspecified atom stereocenters. The third-order valence-corrected chi connectivity index (χ3v) is 6.66. The van der Waals surface area contributed by atoms with Crippen molar-refractivity contribution < 1.29 is 32.3 Å². The van der Waals surface area contributed by atoms with E-state index in [0.29, 0.717) is 11.3 Å². The van der Waals surface area contributed by atoms with Crippen LogP contribution in [0.1, 0.15) is 40.5 Å². The average Bonchev–Trinajstić information content (AvgIpc) is 3.46. The van der Waals surface area contributed by atoms with E-state index in [-0.39, 0.29) is 41.9 Å². The monoisotopic (exact) mass is 503 g/mol. The molecule has 0 amide bonds. The minimum Gasteiger partial charge on any atom is -0.477 e. The molecular weight excluding hydrogens is 486 g/mol. The van der Waals surface area contributed by atoms with E-state index in [4.69, 9.17) is 4.84 Å². The van der Waals surface area contributed by atoms with Crippen LogP contribution in [0, 0.1) is 11.7 Å². The zero-order valence-electron chi connectivity index (χ0n) is 18.4. The quantitative estimate of drug-likeness (QED) is 0.545. The molecule has 3 aromatic rings. The Morgan fingerprint density at radius 3 is 2.61 bits per heavy atom. The van der Waals surface area contributed by atoms with Crippen molar-refractivity contribution in [3.05, 3.63) is 63.5 Å². The van der Waals surface area contributed by atoms with Crippen LogP contribution in [0.5, 0.6) is 0 Å². The van der Waals surface area contributed by atoms with Gasteiger partial charge in [0.25, 0.3) is 0 Å². The van der Waals surface area contributed by atoms with Crippen LogP contribution in [-0.4, -0.2) is 50.5 Å². The van der Waals surface area contributed by atoms with Crippen molar-refractivity contribution in [2.75, 3.05) is 18.0 Å². The highest BCUT2D eigenvalue weighted by atomic mass is 19.4. The van der Waals surface area contributed by atoms with Gasteiger partial charge in [-0.15, -0.1) is 0 Å². The van der Waals surface area contributed by atoms with E-state index in [9.17, 15) is 27.9 Å². The van der Waals surface area contributed by atoms with Crippen LogP contribution in [0.15, 0.2) is 40.5 Å². The molecule has 186 valence electrons. The van der Waals surface area contributed by atoms with Gasteiger partial charge in [0.2, 0.25) is 5.43 Å². The summed E-state index contributed by atoms with van der Waals surface area (Å²) in [6.45, 7) is 0.433. The summed E-state index contributed by atoms with van der Waals surface area (Å²) < 4.78 is 55.4. The van der Waals surface area contributed by atoms with Gasteiger partial charge < -0.3 is 19.4 Å². The Morgan fingerprint density at radius 1 is 1.19 bits per heavy atom. The van der Waals surface area contributed by atoms with Gasteiger partial charge in [0, 0.05) is 30.5 Å². The second kappa shape index (κ2) is 7.73. The lowest BCUT2D eigenvalue weighted by atomic mass is 9.96. The highest BCUT2D eigenvalue weighted by Crippen LogP contribution is 2.38. The summed E-state index contributed by atoms with van der Waals surface area (Å²) in [5, 5.41) is 13.3. The number of hydrogen-bond donors (Lipinski definition) is 1. The fourth-order valence-electron chi connectivity index (χ4n) is 4.73. The summed E-state index contributed by atoms with van der Waals surface area (Å²) in [4.78, 5) is 39.2. The lowest BCUT2D eigenvalue weighted by molar-refractivity contribution is -0.141. The zero-order chi connectivity index (χ0) is 25.4. The standard InChI is InChI=1S/C23H17F4N5O4/c24-15-5-12-19(33)14(22(34)35)8-32(11-2-3-11)20(12)29-21(15)31-7-13-16(9-31)36-30-18(13)10-1-4-17(28-6-10)23(25,26)27/h1,4-6,8,11,13,16H,2-3,7,9H2,(H,34,35). The van der Waals surface area contributed by atoms with Crippen molar-refractivity contribution in [2.45, 2.75) is 31.2 Å².